The van der Waals surface area contributed by atoms with Crippen molar-refractivity contribution in [3.63, 3.8) is 0 Å². The Balaban J connectivity index is 1.95. The van der Waals surface area contributed by atoms with E-state index in [0.717, 1.165) is 11.1 Å². The molecule has 0 N–H and O–H groups in total. The van der Waals surface area contributed by atoms with Crippen LogP contribution in [-0.4, -0.2) is 38.6 Å². The van der Waals surface area contributed by atoms with Crippen LogP contribution in [0, 0.1) is 0 Å². The zero-order valence-corrected chi connectivity index (χ0v) is 14.4. The van der Waals surface area contributed by atoms with Crippen molar-refractivity contribution in [2.75, 3.05) is 28.4 Å². The van der Waals surface area contributed by atoms with E-state index < -0.39 is 0 Å². The van der Waals surface area contributed by atoms with Gasteiger partial charge >= 0.3 is 0 Å². The van der Waals surface area contributed by atoms with Crippen LogP contribution in [0.1, 0.15) is 0 Å². The van der Waals surface area contributed by atoms with Gasteiger partial charge in [-0.15, -0.1) is 0 Å². The lowest BCUT2D eigenvalue weighted by Crippen LogP contribution is -1.92. The van der Waals surface area contributed by atoms with Gasteiger partial charge in [0.05, 0.1) is 28.4 Å². The minimum Gasteiger partial charge on any atom is -0.493 e. The molecule has 25 heavy (non-hydrogen) atoms. The summed E-state index contributed by atoms with van der Waals surface area (Å²) in [4.78, 5) is 4.44. The fourth-order valence-electron chi connectivity index (χ4n) is 2.40. The Hall–Kier alpha value is -3.22. The van der Waals surface area contributed by atoms with Gasteiger partial charge in [-0.05, 0) is 36.4 Å². The maximum Gasteiger partial charge on any atom is 0.258 e. The van der Waals surface area contributed by atoms with Crippen molar-refractivity contribution in [1.29, 1.82) is 0 Å². The predicted octanol–water partition coefficient (Wildman–Crippen LogP) is 3.44. The molecule has 0 saturated heterocycles. The number of methoxy groups -OCH3 is 4. The Morgan fingerprint density at radius 3 is 1.76 bits per heavy atom. The van der Waals surface area contributed by atoms with Crippen LogP contribution in [-0.2, 0) is 0 Å². The van der Waals surface area contributed by atoms with Gasteiger partial charge in [0.25, 0.3) is 5.89 Å². The van der Waals surface area contributed by atoms with Gasteiger partial charge < -0.3 is 23.5 Å². The second kappa shape index (κ2) is 7.12. The zero-order chi connectivity index (χ0) is 17.8. The van der Waals surface area contributed by atoms with E-state index in [1.165, 1.54) is 0 Å². The first-order valence-corrected chi connectivity index (χ1v) is 7.48. The molecule has 3 rings (SSSR count). The quantitative estimate of drug-likeness (QED) is 0.679. The summed E-state index contributed by atoms with van der Waals surface area (Å²) in [5.74, 6) is 3.28. The van der Waals surface area contributed by atoms with Crippen molar-refractivity contribution >= 4 is 0 Å². The molecule has 0 spiro atoms. The Bertz CT molecular complexity index is 806. The SMILES string of the molecule is COc1ccc(-c2noc(-c3ccc(OC)c(OC)c3)n2)cc1OC. The van der Waals surface area contributed by atoms with Gasteiger partial charge in [-0.25, -0.2) is 0 Å². The van der Waals surface area contributed by atoms with Crippen molar-refractivity contribution < 1.29 is 23.5 Å². The molecule has 130 valence electrons. The first-order chi connectivity index (χ1) is 12.2. The Labute approximate surface area is 145 Å². The Morgan fingerprint density at radius 1 is 0.680 bits per heavy atom. The highest BCUT2D eigenvalue weighted by molar-refractivity contribution is 5.65. The van der Waals surface area contributed by atoms with Gasteiger partial charge in [0.1, 0.15) is 0 Å². The zero-order valence-electron chi connectivity index (χ0n) is 14.4. The van der Waals surface area contributed by atoms with Crippen LogP contribution in [0.3, 0.4) is 0 Å². The van der Waals surface area contributed by atoms with Gasteiger partial charge in [-0.3, -0.25) is 0 Å². The highest BCUT2D eigenvalue weighted by Gasteiger charge is 2.15. The second-order valence-corrected chi connectivity index (χ2v) is 5.06. The number of ether oxygens (including phenoxy) is 4. The van der Waals surface area contributed by atoms with Crippen LogP contribution in [0.4, 0.5) is 0 Å². The minimum absolute atomic E-state index is 0.380. The fourth-order valence-corrected chi connectivity index (χ4v) is 2.40. The molecule has 0 aliphatic carbocycles. The number of aromatic nitrogens is 2. The molecule has 0 atom stereocenters. The lowest BCUT2D eigenvalue weighted by Gasteiger charge is -2.07. The summed E-state index contributed by atoms with van der Waals surface area (Å²) in [6.45, 7) is 0. The van der Waals surface area contributed by atoms with Gasteiger partial charge in [0.2, 0.25) is 5.82 Å². The molecular weight excluding hydrogens is 324 g/mol. The number of hydrogen-bond acceptors (Lipinski definition) is 7. The molecule has 0 amide bonds. The molecule has 0 bridgehead atoms. The van der Waals surface area contributed by atoms with Crippen molar-refractivity contribution in [2.45, 2.75) is 0 Å². The Kier molecular flexibility index (Phi) is 4.74. The Morgan fingerprint density at radius 2 is 1.20 bits per heavy atom. The van der Waals surface area contributed by atoms with E-state index in [-0.39, 0.29) is 0 Å². The monoisotopic (exact) mass is 342 g/mol. The predicted molar refractivity (Wildman–Crippen MR) is 91.4 cm³/mol. The first kappa shape index (κ1) is 16.6. The smallest absolute Gasteiger partial charge is 0.258 e. The van der Waals surface area contributed by atoms with E-state index in [9.17, 15) is 0 Å². The van der Waals surface area contributed by atoms with Crippen LogP contribution in [0.5, 0.6) is 23.0 Å². The highest BCUT2D eigenvalue weighted by atomic mass is 16.5. The number of benzene rings is 2. The lowest BCUT2D eigenvalue weighted by molar-refractivity contribution is 0.354. The van der Waals surface area contributed by atoms with Crippen LogP contribution in [0.2, 0.25) is 0 Å². The number of nitrogens with zero attached hydrogens (tertiary/aromatic N) is 2. The van der Waals surface area contributed by atoms with E-state index in [0.29, 0.717) is 34.7 Å². The summed E-state index contributed by atoms with van der Waals surface area (Å²) in [7, 11) is 6.32. The molecule has 7 heteroatoms. The fraction of sp³-hybridized carbons (Fsp3) is 0.222. The largest absolute Gasteiger partial charge is 0.493 e. The van der Waals surface area contributed by atoms with Crippen molar-refractivity contribution in [3.05, 3.63) is 36.4 Å². The van der Waals surface area contributed by atoms with Crippen LogP contribution >= 0.6 is 0 Å². The topological polar surface area (TPSA) is 75.8 Å². The molecule has 0 radical (unpaired) electrons. The molecule has 0 unspecified atom stereocenters. The molecule has 0 saturated carbocycles. The maximum absolute atomic E-state index is 5.38. The van der Waals surface area contributed by atoms with E-state index in [1.54, 1.807) is 52.7 Å². The molecule has 0 aliphatic rings. The molecule has 0 fully saturated rings. The van der Waals surface area contributed by atoms with Crippen molar-refractivity contribution in [3.8, 4) is 45.8 Å². The number of hydrogen-bond donors (Lipinski definition) is 0. The summed E-state index contributed by atoms with van der Waals surface area (Å²) in [5, 5.41) is 4.04. The van der Waals surface area contributed by atoms with Crippen molar-refractivity contribution in [1.82, 2.24) is 10.1 Å². The number of rotatable bonds is 6. The summed E-state index contributed by atoms with van der Waals surface area (Å²) >= 11 is 0. The molecule has 2 aromatic carbocycles. The van der Waals surface area contributed by atoms with E-state index in [4.69, 9.17) is 23.5 Å². The van der Waals surface area contributed by atoms with Crippen LogP contribution < -0.4 is 18.9 Å². The summed E-state index contributed by atoms with van der Waals surface area (Å²) < 4.78 is 26.4. The third kappa shape index (κ3) is 3.21. The normalized spacial score (nSPS) is 10.4. The van der Waals surface area contributed by atoms with Gasteiger partial charge in [-0.1, -0.05) is 5.16 Å². The van der Waals surface area contributed by atoms with E-state index in [2.05, 4.69) is 10.1 Å². The summed E-state index contributed by atoms with van der Waals surface area (Å²) in [6, 6.07) is 10.8. The standard InChI is InChI=1S/C18H18N2O5/c1-21-13-7-5-11(9-15(13)23-3)17-19-18(25-20-17)12-6-8-14(22-2)16(10-12)24-4/h5-10H,1-4H3. The van der Waals surface area contributed by atoms with Gasteiger partial charge in [0, 0.05) is 11.1 Å². The minimum atomic E-state index is 0.380. The summed E-state index contributed by atoms with van der Waals surface area (Å²) in [6.07, 6.45) is 0. The third-order valence-electron chi connectivity index (χ3n) is 3.70. The van der Waals surface area contributed by atoms with E-state index in [1.807, 2.05) is 12.1 Å². The third-order valence-corrected chi connectivity index (χ3v) is 3.70. The average molecular weight is 342 g/mol. The molecule has 3 aromatic rings. The van der Waals surface area contributed by atoms with Crippen LogP contribution in [0.15, 0.2) is 40.9 Å². The summed E-state index contributed by atoms with van der Waals surface area (Å²) in [5.41, 5.74) is 1.49. The molecule has 1 aromatic heterocycles. The molecule has 1 heterocycles. The molecule has 7 nitrogen and oxygen atoms in total. The van der Waals surface area contributed by atoms with E-state index >= 15 is 0 Å². The average Bonchev–Trinajstić information content (AvgIpc) is 3.17. The van der Waals surface area contributed by atoms with Crippen molar-refractivity contribution in [2.24, 2.45) is 0 Å². The molecular formula is C18H18N2O5. The van der Waals surface area contributed by atoms with Gasteiger partial charge in [-0.2, -0.15) is 4.98 Å². The van der Waals surface area contributed by atoms with Gasteiger partial charge in [0.15, 0.2) is 23.0 Å². The second-order valence-electron chi connectivity index (χ2n) is 5.06. The first-order valence-electron chi connectivity index (χ1n) is 7.48. The maximum atomic E-state index is 5.38. The lowest BCUT2D eigenvalue weighted by atomic mass is 10.2. The molecule has 0 aliphatic heterocycles. The highest BCUT2D eigenvalue weighted by Crippen LogP contribution is 2.34. The van der Waals surface area contributed by atoms with Crippen LogP contribution in [0.25, 0.3) is 22.8 Å².